The number of nitrogens with one attached hydrogen (secondary N) is 1. The van der Waals surface area contributed by atoms with E-state index in [2.05, 4.69) is 10.3 Å². The van der Waals surface area contributed by atoms with Crippen molar-refractivity contribution < 1.29 is 18.3 Å². The average Bonchev–Trinajstić information content (AvgIpc) is 3.43. The Balaban J connectivity index is 1.41. The maximum Gasteiger partial charge on any atom is 0.271 e. The molecule has 8 heteroatoms. The van der Waals surface area contributed by atoms with Crippen LogP contribution < -0.4 is 10.1 Å². The van der Waals surface area contributed by atoms with Crippen molar-refractivity contribution in [3.63, 3.8) is 0 Å². The van der Waals surface area contributed by atoms with Gasteiger partial charge in [-0.25, -0.2) is 9.37 Å². The van der Waals surface area contributed by atoms with Gasteiger partial charge in [-0.15, -0.1) is 11.3 Å². The minimum absolute atomic E-state index is 0.224. The Bertz CT molecular complexity index is 1160. The first kappa shape index (κ1) is 20.1. The SMILES string of the molecule is O=C(NCc1ccco1)c1csc(-c2ccc(OCc3cccc(Cl)c3)cc2F)n1. The number of hydrogen-bond acceptors (Lipinski definition) is 5. The zero-order chi connectivity index (χ0) is 20.9. The van der Waals surface area contributed by atoms with E-state index >= 15 is 0 Å². The third kappa shape index (κ3) is 4.87. The fraction of sp³-hybridized carbons (Fsp3) is 0.0909. The van der Waals surface area contributed by atoms with Gasteiger partial charge < -0.3 is 14.5 Å². The zero-order valence-electron chi connectivity index (χ0n) is 15.6. The lowest BCUT2D eigenvalue weighted by Gasteiger charge is -2.08. The Morgan fingerprint density at radius 1 is 1.20 bits per heavy atom. The first-order chi connectivity index (χ1) is 14.6. The van der Waals surface area contributed by atoms with Crippen molar-refractivity contribution in [2.45, 2.75) is 13.2 Å². The van der Waals surface area contributed by atoms with Crippen LogP contribution in [0.4, 0.5) is 4.39 Å². The molecule has 0 saturated heterocycles. The quantitative estimate of drug-likeness (QED) is 0.398. The predicted octanol–water partition coefficient (Wildman–Crippen LogP) is 5.70. The highest BCUT2D eigenvalue weighted by atomic mass is 35.5. The van der Waals surface area contributed by atoms with Crippen LogP contribution in [0.5, 0.6) is 5.75 Å². The monoisotopic (exact) mass is 442 g/mol. The van der Waals surface area contributed by atoms with Gasteiger partial charge in [-0.2, -0.15) is 0 Å². The standard InChI is InChI=1S/C22H16ClFN2O3S/c23-15-4-1-3-14(9-15)12-29-16-6-7-18(19(24)10-16)22-26-20(13-30-22)21(27)25-11-17-5-2-8-28-17/h1-10,13H,11-12H2,(H,25,27). The maximum atomic E-state index is 14.6. The number of furan rings is 1. The van der Waals surface area contributed by atoms with Gasteiger partial charge in [-0.05, 0) is 42.0 Å². The number of halogens is 2. The van der Waals surface area contributed by atoms with E-state index in [4.69, 9.17) is 20.8 Å². The number of nitrogens with zero attached hydrogens (tertiary/aromatic N) is 1. The van der Waals surface area contributed by atoms with Crippen LogP contribution in [0.3, 0.4) is 0 Å². The summed E-state index contributed by atoms with van der Waals surface area (Å²) in [7, 11) is 0. The third-order valence-electron chi connectivity index (χ3n) is 4.21. The van der Waals surface area contributed by atoms with Crippen molar-refractivity contribution in [2.75, 3.05) is 0 Å². The molecular weight excluding hydrogens is 427 g/mol. The Labute approximate surface area is 181 Å². The molecule has 0 spiro atoms. The molecule has 0 radical (unpaired) electrons. The molecule has 152 valence electrons. The molecule has 4 aromatic rings. The summed E-state index contributed by atoms with van der Waals surface area (Å²) in [5, 5.41) is 5.34. The molecule has 0 aliphatic carbocycles. The summed E-state index contributed by atoms with van der Waals surface area (Å²) >= 11 is 7.15. The van der Waals surface area contributed by atoms with Crippen molar-refractivity contribution >= 4 is 28.8 Å². The number of ether oxygens (including phenoxy) is 1. The summed E-state index contributed by atoms with van der Waals surface area (Å²) in [6.07, 6.45) is 1.54. The molecule has 0 unspecified atom stereocenters. The molecule has 2 aromatic heterocycles. The lowest BCUT2D eigenvalue weighted by molar-refractivity contribution is 0.0944. The fourth-order valence-electron chi connectivity index (χ4n) is 2.73. The number of carbonyl (C=O) groups is 1. The van der Waals surface area contributed by atoms with E-state index in [0.717, 1.165) is 5.56 Å². The van der Waals surface area contributed by atoms with Crippen molar-refractivity contribution in [2.24, 2.45) is 0 Å². The molecule has 4 rings (SSSR count). The molecule has 0 aliphatic rings. The summed E-state index contributed by atoms with van der Waals surface area (Å²) in [6.45, 7) is 0.530. The van der Waals surface area contributed by atoms with Gasteiger partial charge in [0.05, 0.1) is 12.8 Å². The van der Waals surface area contributed by atoms with E-state index in [9.17, 15) is 9.18 Å². The number of thiazole rings is 1. The zero-order valence-corrected chi connectivity index (χ0v) is 17.2. The molecule has 1 N–H and O–H groups in total. The Kier molecular flexibility index (Phi) is 6.11. The van der Waals surface area contributed by atoms with Crippen LogP contribution >= 0.6 is 22.9 Å². The van der Waals surface area contributed by atoms with Gasteiger partial charge in [0.25, 0.3) is 5.91 Å². The molecule has 2 heterocycles. The van der Waals surface area contributed by atoms with E-state index in [0.29, 0.717) is 27.1 Å². The predicted molar refractivity (Wildman–Crippen MR) is 113 cm³/mol. The normalized spacial score (nSPS) is 10.7. The number of carbonyl (C=O) groups excluding carboxylic acids is 1. The molecule has 0 atom stereocenters. The average molecular weight is 443 g/mol. The van der Waals surface area contributed by atoms with Gasteiger partial charge in [-0.1, -0.05) is 23.7 Å². The first-order valence-corrected chi connectivity index (χ1v) is 10.3. The fourth-order valence-corrected chi connectivity index (χ4v) is 3.76. The molecule has 0 bridgehead atoms. The Morgan fingerprint density at radius 2 is 2.10 bits per heavy atom. The smallest absolute Gasteiger partial charge is 0.271 e. The van der Waals surface area contributed by atoms with E-state index in [-0.39, 0.29) is 24.8 Å². The van der Waals surface area contributed by atoms with E-state index in [1.807, 2.05) is 12.1 Å². The van der Waals surface area contributed by atoms with Crippen LogP contribution in [0.1, 0.15) is 21.8 Å². The summed E-state index contributed by atoms with van der Waals surface area (Å²) in [6, 6.07) is 15.3. The van der Waals surface area contributed by atoms with Crippen molar-refractivity contribution in [3.8, 4) is 16.3 Å². The lowest BCUT2D eigenvalue weighted by Crippen LogP contribution is -2.22. The molecule has 2 aromatic carbocycles. The second-order valence-electron chi connectivity index (χ2n) is 6.36. The van der Waals surface area contributed by atoms with Crippen LogP contribution in [0.25, 0.3) is 10.6 Å². The largest absolute Gasteiger partial charge is 0.489 e. The van der Waals surface area contributed by atoms with Crippen molar-refractivity contribution in [1.29, 1.82) is 0 Å². The summed E-state index contributed by atoms with van der Waals surface area (Å²) in [4.78, 5) is 16.5. The Morgan fingerprint density at radius 3 is 2.87 bits per heavy atom. The first-order valence-electron chi connectivity index (χ1n) is 9.02. The van der Waals surface area contributed by atoms with Crippen molar-refractivity contribution in [3.05, 3.63) is 94.1 Å². The van der Waals surface area contributed by atoms with Crippen LogP contribution in [0, 0.1) is 5.82 Å². The molecule has 0 aliphatic heterocycles. The number of hydrogen-bond donors (Lipinski definition) is 1. The summed E-state index contributed by atoms with van der Waals surface area (Å²) < 4.78 is 25.4. The summed E-state index contributed by atoms with van der Waals surface area (Å²) in [5.74, 6) is 0.202. The van der Waals surface area contributed by atoms with Crippen LogP contribution in [-0.2, 0) is 13.2 Å². The van der Waals surface area contributed by atoms with E-state index in [1.54, 1.807) is 41.8 Å². The highest BCUT2D eigenvalue weighted by Crippen LogP contribution is 2.29. The molecular formula is C22H16ClFN2O3S. The number of aromatic nitrogens is 1. The lowest BCUT2D eigenvalue weighted by atomic mass is 10.2. The van der Waals surface area contributed by atoms with Gasteiger partial charge in [-0.3, -0.25) is 4.79 Å². The van der Waals surface area contributed by atoms with E-state index < -0.39 is 5.82 Å². The van der Waals surface area contributed by atoms with E-state index in [1.165, 1.54) is 23.7 Å². The minimum Gasteiger partial charge on any atom is -0.489 e. The van der Waals surface area contributed by atoms with Gasteiger partial charge in [0.15, 0.2) is 0 Å². The molecule has 5 nitrogen and oxygen atoms in total. The number of rotatable bonds is 7. The second kappa shape index (κ2) is 9.11. The molecule has 30 heavy (non-hydrogen) atoms. The molecule has 1 amide bonds. The van der Waals surface area contributed by atoms with Gasteiger partial charge in [0.2, 0.25) is 0 Å². The number of amides is 1. The minimum atomic E-state index is -0.476. The molecule has 0 fully saturated rings. The molecule has 0 saturated carbocycles. The highest BCUT2D eigenvalue weighted by Gasteiger charge is 2.15. The van der Waals surface area contributed by atoms with Crippen molar-refractivity contribution in [1.82, 2.24) is 10.3 Å². The van der Waals surface area contributed by atoms with Crippen LogP contribution in [-0.4, -0.2) is 10.9 Å². The topological polar surface area (TPSA) is 64.4 Å². The number of benzene rings is 2. The van der Waals surface area contributed by atoms with Crippen LogP contribution in [0.15, 0.2) is 70.7 Å². The summed E-state index contributed by atoms with van der Waals surface area (Å²) in [5.41, 5.74) is 1.42. The van der Waals surface area contributed by atoms with Crippen LogP contribution in [0.2, 0.25) is 5.02 Å². The Hall–Kier alpha value is -3.16. The highest BCUT2D eigenvalue weighted by molar-refractivity contribution is 7.13. The second-order valence-corrected chi connectivity index (χ2v) is 7.65. The van der Waals surface area contributed by atoms with Gasteiger partial charge >= 0.3 is 0 Å². The van der Waals surface area contributed by atoms with Gasteiger partial charge in [0.1, 0.15) is 34.6 Å². The van der Waals surface area contributed by atoms with Gasteiger partial charge in [0, 0.05) is 22.0 Å². The maximum absolute atomic E-state index is 14.6. The third-order valence-corrected chi connectivity index (χ3v) is 5.32.